The zero-order chi connectivity index (χ0) is 18.3. The Morgan fingerprint density at radius 3 is 3.12 bits per heavy atom. The highest BCUT2D eigenvalue weighted by molar-refractivity contribution is 6.31. The van der Waals surface area contributed by atoms with Crippen molar-refractivity contribution in [3.63, 3.8) is 0 Å². The van der Waals surface area contributed by atoms with Crippen molar-refractivity contribution in [3.8, 4) is 0 Å². The van der Waals surface area contributed by atoms with Crippen molar-refractivity contribution in [3.05, 3.63) is 22.8 Å². The van der Waals surface area contributed by atoms with Gasteiger partial charge in [0.2, 0.25) is 5.91 Å². The van der Waals surface area contributed by atoms with Gasteiger partial charge in [-0.1, -0.05) is 31.4 Å². The van der Waals surface area contributed by atoms with Crippen LogP contribution in [0.15, 0.2) is 12.3 Å². The zero-order valence-electron chi connectivity index (χ0n) is 15.4. The van der Waals surface area contributed by atoms with E-state index in [9.17, 15) is 9.90 Å². The van der Waals surface area contributed by atoms with Crippen LogP contribution in [-0.2, 0) is 4.79 Å². The Hall–Kier alpha value is -1.33. The van der Waals surface area contributed by atoms with Crippen LogP contribution in [0, 0.1) is 5.92 Å². The van der Waals surface area contributed by atoms with Crippen LogP contribution < -0.4 is 5.32 Å². The summed E-state index contributed by atoms with van der Waals surface area (Å²) in [4.78, 5) is 19.4. The van der Waals surface area contributed by atoms with E-state index in [0.717, 1.165) is 68.0 Å². The number of pyridine rings is 1. The third-order valence-corrected chi connectivity index (χ3v) is 6.97. The predicted molar refractivity (Wildman–Crippen MR) is 102 cm³/mol. The molecule has 0 bridgehead atoms. The van der Waals surface area contributed by atoms with Crippen molar-refractivity contribution >= 4 is 23.3 Å². The number of rotatable bonds is 3. The summed E-state index contributed by atoms with van der Waals surface area (Å²) in [5, 5.41) is 15.0. The van der Waals surface area contributed by atoms with Gasteiger partial charge in [0.05, 0.1) is 11.6 Å². The third-order valence-electron chi connectivity index (χ3n) is 6.64. The smallest absolute Gasteiger partial charge is 0.223 e. The van der Waals surface area contributed by atoms with Crippen LogP contribution in [0.3, 0.4) is 0 Å². The van der Waals surface area contributed by atoms with E-state index >= 15 is 0 Å². The first-order chi connectivity index (χ1) is 12.5. The third kappa shape index (κ3) is 3.09. The quantitative estimate of drug-likeness (QED) is 0.845. The number of halogens is 1. The lowest BCUT2D eigenvalue weighted by atomic mass is 9.74. The van der Waals surface area contributed by atoms with Gasteiger partial charge in [0.1, 0.15) is 5.82 Å². The maximum absolute atomic E-state index is 13.1. The number of aromatic nitrogens is 1. The highest BCUT2D eigenvalue weighted by atomic mass is 35.5. The maximum atomic E-state index is 13.1. The van der Waals surface area contributed by atoms with Crippen molar-refractivity contribution in [2.75, 3.05) is 18.4 Å². The summed E-state index contributed by atoms with van der Waals surface area (Å²) in [5.41, 5.74) is 0.381. The van der Waals surface area contributed by atoms with E-state index in [0.29, 0.717) is 6.42 Å². The Morgan fingerprint density at radius 2 is 2.27 bits per heavy atom. The molecule has 1 saturated carbocycles. The molecule has 3 heterocycles. The second kappa shape index (κ2) is 7.01. The van der Waals surface area contributed by atoms with E-state index in [1.807, 2.05) is 11.0 Å². The molecule has 1 aromatic rings. The normalized spacial score (nSPS) is 31.7. The number of nitrogens with one attached hydrogen (secondary N) is 1. The van der Waals surface area contributed by atoms with Gasteiger partial charge in [0.15, 0.2) is 0 Å². The van der Waals surface area contributed by atoms with Crippen LogP contribution in [0.2, 0.25) is 5.02 Å². The van der Waals surface area contributed by atoms with Gasteiger partial charge in [0, 0.05) is 42.2 Å². The van der Waals surface area contributed by atoms with Crippen molar-refractivity contribution in [2.45, 2.75) is 69.4 Å². The Bertz CT molecular complexity index is 694. The molecule has 5 nitrogen and oxygen atoms in total. The topological polar surface area (TPSA) is 65.5 Å². The van der Waals surface area contributed by atoms with Gasteiger partial charge in [-0.3, -0.25) is 4.79 Å². The molecule has 1 aromatic heterocycles. The minimum absolute atomic E-state index is 0.00365. The van der Waals surface area contributed by atoms with Gasteiger partial charge in [0.25, 0.3) is 0 Å². The number of carbonyl (C=O) groups is 1. The zero-order valence-corrected chi connectivity index (χ0v) is 16.1. The number of fused-ring (bicyclic) bond motifs is 2. The second-order valence-corrected chi connectivity index (χ2v) is 8.69. The summed E-state index contributed by atoms with van der Waals surface area (Å²) < 4.78 is 0. The SMILES string of the molecule is CC(CC(=O)N1CCCC2(O)CCCCC12)C1CNc2nccc(Cl)c21. The molecule has 1 amide bonds. The van der Waals surface area contributed by atoms with Crippen molar-refractivity contribution in [1.29, 1.82) is 0 Å². The molecule has 26 heavy (non-hydrogen) atoms. The van der Waals surface area contributed by atoms with Crippen LogP contribution in [0.5, 0.6) is 0 Å². The average molecular weight is 378 g/mol. The number of amides is 1. The maximum Gasteiger partial charge on any atom is 0.223 e. The highest BCUT2D eigenvalue weighted by Gasteiger charge is 2.46. The van der Waals surface area contributed by atoms with E-state index in [1.54, 1.807) is 6.20 Å². The monoisotopic (exact) mass is 377 g/mol. The molecule has 2 N–H and O–H groups in total. The molecular weight excluding hydrogens is 350 g/mol. The Morgan fingerprint density at radius 1 is 1.46 bits per heavy atom. The molecule has 142 valence electrons. The van der Waals surface area contributed by atoms with Crippen LogP contribution in [0.1, 0.15) is 63.4 Å². The minimum atomic E-state index is -0.663. The largest absolute Gasteiger partial charge is 0.388 e. The molecule has 0 aromatic carbocycles. The van der Waals surface area contributed by atoms with Crippen LogP contribution in [0.25, 0.3) is 0 Å². The lowest BCUT2D eigenvalue weighted by Crippen LogP contribution is -2.60. The molecule has 1 saturated heterocycles. The first kappa shape index (κ1) is 18.1. The van der Waals surface area contributed by atoms with Gasteiger partial charge in [-0.15, -0.1) is 0 Å². The van der Waals surface area contributed by atoms with Gasteiger partial charge >= 0.3 is 0 Å². The van der Waals surface area contributed by atoms with Crippen LogP contribution >= 0.6 is 11.6 Å². The molecule has 0 spiro atoms. The van der Waals surface area contributed by atoms with Gasteiger partial charge in [-0.05, 0) is 37.7 Å². The summed E-state index contributed by atoms with van der Waals surface area (Å²) in [5.74, 6) is 1.40. The fourth-order valence-corrected chi connectivity index (χ4v) is 5.51. The molecule has 4 unspecified atom stereocenters. The average Bonchev–Trinajstić information content (AvgIpc) is 3.06. The minimum Gasteiger partial charge on any atom is -0.388 e. The summed E-state index contributed by atoms with van der Waals surface area (Å²) in [6, 6.07) is 1.82. The Kier molecular flexibility index (Phi) is 4.86. The summed E-state index contributed by atoms with van der Waals surface area (Å²) in [6.45, 7) is 3.67. The fraction of sp³-hybridized carbons (Fsp3) is 0.700. The van der Waals surface area contributed by atoms with E-state index in [1.165, 1.54) is 0 Å². The predicted octanol–water partition coefficient (Wildman–Crippen LogP) is 3.57. The molecule has 4 rings (SSSR count). The number of hydrogen-bond donors (Lipinski definition) is 2. The molecule has 2 fully saturated rings. The highest BCUT2D eigenvalue weighted by Crippen LogP contribution is 2.42. The Balaban J connectivity index is 1.47. The van der Waals surface area contributed by atoms with Crippen molar-refractivity contribution in [2.24, 2.45) is 5.92 Å². The molecule has 0 radical (unpaired) electrons. The lowest BCUT2D eigenvalue weighted by Gasteiger charge is -2.50. The summed E-state index contributed by atoms with van der Waals surface area (Å²) in [7, 11) is 0. The molecule has 2 aliphatic heterocycles. The van der Waals surface area contributed by atoms with Crippen LogP contribution in [-0.4, -0.2) is 45.6 Å². The number of piperidine rings is 1. The first-order valence-electron chi connectivity index (χ1n) is 9.90. The number of nitrogens with zero attached hydrogens (tertiary/aromatic N) is 2. The second-order valence-electron chi connectivity index (χ2n) is 8.28. The Labute approximate surface area is 160 Å². The van der Waals surface area contributed by atoms with Gasteiger partial charge in [-0.2, -0.15) is 0 Å². The molecule has 6 heteroatoms. The van der Waals surface area contributed by atoms with E-state index in [2.05, 4.69) is 17.2 Å². The number of aliphatic hydroxyl groups is 1. The number of hydrogen-bond acceptors (Lipinski definition) is 4. The molecular formula is C20H28ClN3O2. The number of likely N-dealkylation sites (tertiary alicyclic amines) is 1. The van der Waals surface area contributed by atoms with Crippen LogP contribution in [0.4, 0.5) is 5.82 Å². The molecule has 3 aliphatic rings. The molecule has 4 atom stereocenters. The van der Waals surface area contributed by atoms with Gasteiger partial charge < -0.3 is 15.3 Å². The first-order valence-corrected chi connectivity index (χ1v) is 10.3. The number of anilines is 1. The van der Waals surface area contributed by atoms with E-state index < -0.39 is 5.60 Å². The number of carbonyl (C=O) groups excluding carboxylic acids is 1. The van der Waals surface area contributed by atoms with E-state index in [-0.39, 0.29) is 23.8 Å². The summed E-state index contributed by atoms with van der Waals surface area (Å²) in [6.07, 6.45) is 7.87. The van der Waals surface area contributed by atoms with E-state index in [4.69, 9.17) is 11.6 Å². The lowest BCUT2D eigenvalue weighted by molar-refractivity contribution is -0.153. The van der Waals surface area contributed by atoms with Crippen molar-refractivity contribution < 1.29 is 9.90 Å². The van der Waals surface area contributed by atoms with Crippen molar-refractivity contribution in [1.82, 2.24) is 9.88 Å². The van der Waals surface area contributed by atoms with Gasteiger partial charge in [-0.25, -0.2) is 4.98 Å². The molecule has 1 aliphatic carbocycles. The standard InChI is InChI=1S/C20H28ClN3O2/c1-13(14-12-23-19-18(14)15(21)6-9-22-19)11-17(25)24-10-4-8-20(26)7-3-2-5-16(20)24/h6,9,13-14,16,26H,2-5,7-8,10-12H2,1H3,(H,22,23). The summed E-state index contributed by atoms with van der Waals surface area (Å²) >= 11 is 6.39. The fourth-order valence-electron chi connectivity index (χ4n) is 5.22.